The van der Waals surface area contributed by atoms with E-state index in [1.807, 2.05) is 0 Å². The van der Waals surface area contributed by atoms with Gasteiger partial charge in [-0.15, -0.1) is 0 Å². The Morgan fingerprint density at radius 1 is 1.75 bits per heavy atom. The third-order valence-corrected chi connectivity index (χ3v) is 2.09. The van der Waals surface area contributed by atoms with Gasteiger partial charge in [-0.1, -0.05) is 17.0 Å². The molecule has 0 atom stereocenters. The van der Waals surface area contributed by atoms with Crippen LogP contribution in [-0.2, 0) is 4.79 Å². The van der Waals surface area contributed by atoms with E-state index in [0.717, 1.165) is 17.9 Å². The van der Waals surface area contributed by atoms with Crippen LogP contribution in [0.2, 0.25) is 0 Å². The first-order valence-corrected chi connectivity index (χ1v) is 4.58. The van der Waals surface area contributed by atoms with Gasteiger partial charge in [0.15, 0.2) is 5.12 Å². The van der Waals surface area contributed by atoms with Crippen LogP contribution < -0.4 is 5.53 Å². The lowest BCUT2D eigenvalue weighted by Gasteiger charge is -2.04. The smallest absolute Gasteiger partial charge is 0.185 e. The number of hydrazone groups is 1. The van der Waals surface area contributed by atoms with Crippen LogP contribution in [0.4, 0.5) is 0 Å². The maximum Gasteiger partial charge on any atom is 0.185 e. The van der Waals surface area contributed by atoms with Gasteiger partial charge < -0.3 is 0 Å². The lowest BCUT2D eigenvalue weighted by Crippen LogP contribution is -2.14. The average molecular weight is 186 g/mol. The topological polar surface area (TPSA) is 66.2 Å². The summed E-state index contributed by atoms with van der Waals surface area (Å²) >= 11 is 1.31. The molecule has 0 aromatic rings. The first kappa shape index (κ1) is 9.18. The SMILES string of the molecule is CC(=O)SCCC1=NNN=NC1. The van der Waals surface area contributed by atoms with Gasteiger partial charge in [0.05, 0.1) is 5.71 Å². The zero-order valence-electron chi connectivity index (χ0n) is 6.78. The van der Waals surface area contributed by atoms with Crippen LogP contribution in [-0.4, -0.2) is 23.1 Å². The molecule has 1 aliphatic rings. The molecule has 0 aromatic heterocycles. The summed E-state index contributed by atoms with van der Waals surface area (Å²) < 4.78 is 0. The third kappa shape index (κ3) is 3.47. The summed E-state index contributed by atoms with van der Waals surface area (Å²) in [5.41, 5.74) is 3.37. The Bertz CT molecular complexity index is 226. The molecule has 6 heteroatoms. The number of carbonyl (C=O) groups excluding carboxylic acids is 1. The molecule has 0 fully saturated rings. The van der Waals surface area contributed by atoms with Crippen LogP contribution >= 0.6 is 11.8 Å². The first-order chi connectivity index (χ1) is 5.79. The Kier molecular flexibility index (Phi) is 3.72. The van der Waals surface area contributed by atoms with E-state index in [0.29, 0.717) is 6.54 Å². The number of hydrogen-bond donors (Lipinski definition) is 1. The summed E-state index contributed by atoms with van der Waals surface area (Å²) in [5.74, 6) is 0.769. The minimum Gasteiger partial charge on any atom is -0.288 e. The van der Waals surface area contributed by atoms with E-state index in [1.54, 1.807) is 6.92 Å². The minimum atomic E-state index is 0.140. The molecule has 0 saturated carbocycles. The highest BCUT2D eigenvalue weighted by Crippen LogP contribution is 2.05. The van der Waals surface area contributed by atoms with Gasteiger partial charge in [-0.3, -0.25) is 4.79 Å². The lowest BCUT2D eigenvalue weighted by atomic mass is 10.3. The number of thioether (sulfide) groups is 1. The van der Waals surface area contributed by atoms with Gasteiger partial charge in [-0.05, 0) is 6.42 Å². The number of hydrogen-bond acceptors (Lipinski definition) is 6. The molecule has 0 radical (unpaired) electrons. The number of nitrogens with one attached hydrogen (secondary N) is 1. The highest BCUT2D eigenvalue weighted by molar-refractivity contribution is 8.13. The van der Waals surface area contributed by atoms with Crippen molar-refractivity contribution >= 4 is 22.6 Å². The Labute approximate surface area is 74.7 Å². The van der Waals surface area contributed by atoms with Gasteiger partial charge in [0.1, 0.15) is 6.54 Å². The van der Waals surface area contributed by atoms with Crippen molar-refractivity contribution in [2.75, 3.05) is 12.3 Å². The first-order valence-electron chi connectivity index (χ1n) is 3.59. The second-order valence-electron chi connectivity index (χ2n) is 2.27. The molecule has 0 saturated heterocycles. The maximum atomic E-state index is 10.6. The van der Waals surface area contributed by atoms with Gasteiger partial charge in [0.2, 0.25) is 0 Å². The van der Waals surface area contributed by atoms with E-state index in [4.69, 9.17) is 0 Å². The van der Waals surface area contributed by atoms with Gasteiger partial charge in [0.25, 0.3) is 0 Å². The third-order valence-electron chi connectivity index (χ3n) is 1.27. The Morgan fingerprint density at radius 2 is 2.58 bits per heavy atom. The molecule has 1 heterocycles. The summed E-state index contributed by atoms with van der Waals surface area (Å²) in [4.78, 5) is 10.6. The van der Waals surface area contributed by atoms with Gasteiger partial charge in [-0.2, -0.15) is 15.8 Å². The normalized spacial score (nSPS) is 15.2. The Balaban J connectivity index is 2.14. The van der Waals surface area contributed by atoms with Crippen LogP contribution in [0.3, 0.4) is 0 Å². The predicted octanol–water partition coefficient (Wildman–Crippen LogP) is 0.983. The minimum absolute atomic E-state index is 0.140. The van der Waals surface area contributed by atoms with E-state index in [1.165, 1.54) is 11.8 Å². The fourth-order valence-electron chi connectivity index (χ4n) is 0.725. The van der Waals surface area contributed by atoms with Gasteiger partial charge in [0, 0.05) is 12.7 Å². The molecule has 0 bridgehead atoms. The predicted molar refractivity (Wildman–Crippen MR) is 48.0 cm³/mol. The molecule has 0 aromatic carbocycles. The van der Waals surface area contributed by atoms with Crippen LogP contribution in [0.5, 0.6) is 0 Å². The van der Waals surface area contributed by atoms with Crippen LogP contribution in [0.15, 0.2) is 15.4 Å². The standard InChI is InChI=1S/C6H10N4OS/c1-5(11)12-3-2-6-4-7-9-10-8-6/h2-4H2,1H3,(H,7,10). The summed E-state index contributed by atoms with van der Waals surface area (Å²) in [6.07, 6.45) is 0.788. The van der Waals surface area contributed by atoms with Crippen molar-refractivity contribution in [2.24, 2.45) is 15.4 Å². The van der Waals surface area contributed by atoms with Crippen molar-refractivity contribution in [2.45, 2.75) is 13.3 Å². The molecular formula is C6H10N4OS. The summed E-state index contributed by atoms with van der Waals surface area (Å²) in [5, 5.41) is 11.3. The van der Waals surface area contributed by atoms with Gasteiger partial charge >= 0.3 is 0 Å². The molecule has 1 rings (SSSR count). The zero-order chi connectivity index (χ0) is 8.81. The van der Waals surface area contributed by atoms with Crippen LogP contribution in [0, 0.1) is 0 Å². The van der Waals surface area contributed by atoms with E-state index in [2.05, 4.69) is 21.0 Å². The Morgan fingerprint density at radius 3 is 3.17 bits per heavy atom. The van der Waals surface area contributed by atoms with Crippen molar-refractivity contribution in [1.29, 1.82) is 0 Å². The number of rotatable bonds is 3. The second-order valence-corrected chi connectivity index (χ2v) is 3.54. The fourth-order valence-corrected chi connectivity index (χ4v) is 1.35. The molecule has 0 spiro atoms. The van der Waals surface area contributed by atoms with Crippen molar-refractivity contribution < 1.29 is 4.79 Å². The van der Waals surface area contributed by atoms with Crippen molar-refractivity contribution in [3.63, 3.8) is 0 Å². The monoisotopic (exact) mass is 186 g/mol. The van der Waals surface area contributed by atoms with E-state index in [-0.39, 0.29) is 5.12 Å². The van der Waals surface area contributed by atoms with Crippen LogP contribution in [0.1, 0.15) is 13.3 Å². The van der Waals surface area contributed by atoms with E-state index < -0.39 is 0 Å². The quantitative estimate of drug-likeness (QED) is 0.714. The highest BCUT2D eigenvalue weighted by atomic mass is 32.2. The van der Waals surface area contributed by atoms with Crippen molar-refractivity contribution in [1.82, 2.24) is 5.53 Å². The largest absolute Gasteiger partial charge is 0.288 e. The second kappa shape index (κ2) is 4.87. The number of carbonyl (C=O) groups is 1. The van der Waals surface area contributed by atoms with Crippen LogP contribution in [0.25, 0.3) is 0 Å². The lowest BCUT2D eigenvalue weighted by molar-refractivity contribution is -0.109. The molecule has 5 nitrogen and oxygen atoms in total. The molecule has 0 amide bonds. The molecule has 0 unspecified atom stereocenters. The number of nitrogens with zero attached hydrogens (tertiary/aromatic N) is 3. The fraction of sp³-hybridized carbons (Fsp3) is 0.667. The molecule has 1 aliphatic heterocycles. The molecule has 12 heavy (non-hydrogen) atoms. The van der Waals surface area contributed by atoms with Crippen molar-refractivity contribution in [3.8, 4) is 0 Å². The highest BCUT2D eigenvalue weighted by Gasteiger charge is 2.03. The van der Waals surface area contributed by atoms with Crippen molar-refractivity contribution in [3.05, 3.63) is 0 Å². The molecule has 0 aliphatic carbocycles. The van der Waals surface area contributed by atoms with E-state index >= 15 is 0 Å². The van der Waals surface area contributed by atoms with E-state index in [9.17, 15) is 4.79 Å². The van der Waals surface area contributed by atoms with Gasteiger partial charge in [-0.25, -0.2) is 0 Å². The molecular weight excluding hydrogens is 176 g/mol. The molecule has 1 N–H and O–H groups in total. The Hall–Kier alpha value is -0.910. The summed E-state index contributed by atoms with van der Waals surface area (Å²) in [6.45, 7) is 2.11. The maximum absolute atomic E-state index is 10.6. The zero-order valence-corrected chi connectivity index (χ0v) is 7.60. The average Bonchev–Trinajstić information content (AvgIpc) is 2.05. The summed E-state index contributed by atoms with van der Waals surface area (Å²) in [7, 11) is 0. The molecule has 66 valence electrons. The summed E-state index contributed by atoms with van der Waals surface area (Å²) in [6, 6.07) is 0.